The van der Waals surface area contributed by atoms with Crippen LogP contribution in [0.1, 0.15) is 12.0 Å². The van der Waals surface area contributed by atoms with Gasteiger partial charge in [-0.2, -0.15) is 0 Å². The number of hydrogen-bond acceptors (Lipinski definition) is 3. The molecule has 4 nitrogen and oxygen atoms in total. The second-order valence-corrected chi connectivity index (χ2v) is 5.81. The van der Waals surface area contributed by atoms with E-state index in [4.69, 9.17) is 11.6 Å². The number of benzene rings is 2. The van der Waals surface area contributed by atoms with Crippen LogP contribution < -0.4 is 10.2 Å². The van der Waals surface area contributed by atoms with E-state index in [1.807, 2.05) is 0 Å². The highest BCUT2D eigenvalue weighted by Gasteiger charge is 2.33. The van der Waals surface area contributed by atoms with Gasteiger partial charge in [-0.25, -0.2) is 4.39 Å². The average Bonchev–Trinajstić information content (AvgIpc) is 2.91. The predicted molar refractivity (Wildman–Crippen MR) is 88.2 cm³/mol. The number of rotatable bonds is 4. The third kappa shape index (κ3) is 3.16. The van der Waals surface area contributed by atoms with E-state index in [0.717, 1.165) is 0 Å². The Hall–Kier alpha value is -2.11. The molecule has 2 N–H and O–H groups in total. The van der Waals surface area contributed by atoms with Crippen LogP contribution in [0, 0.1) is 5.82 Å². The smallest absolute Gasteiger partial charge is 0.249 e. The number of carbonyl (C=O) groups is 1. The van der Waals surface area contributed by atoms with Gasteiger partial charge in [0.25, 0.3) is 0 Å². The normalized spacial score (nSPS) is 17.6. The molecule has 120 valence electrons. The summed E-state index contributed by atoms with van der Waals surface area (Å²) in [5.41, 5.74) is 1.58. The van der Waals surface area contributed by atoms with E-state index in [1.54, 1.807) is 36.4 Å². The van der Waals surface area contributed by atoms with Crippen molar-refractivity contribution >= 4 is 28.9 Å². The third-order valence-electron chi connectivity index (χ3n) is 3.89. The summed E-state index contributed by atoms with van der Waals surface area (Å²) in [6.07, 6.45) is 0.548. The molecule has 1 aliphatic rings. The Kier molecular flexibility index (Phi) is 4.50. The lowest BCUT2D eigenvalue weighted by Crippen LogP contribution is -2.34. The van der Waals surface area contributed by atoms with Gasteiger partial charge in [0.15, 0.2) is 0 Å². The van der Waals surface area contributed by atoms with Crippen LogP contribution in [0.5, 0.6) is 0 Å². The zero-order chi connectivity index (χ0) is 16.4. The molecule has 2 aromatic rings. The van der Waals surface area contributed by atoms with Crippen LogP contribution in [0.4, 0.5) is 15.8 Å². The summed E-state index contributed by atoms with van der Waals surface area (Å²) in [6.45, 7) is 0.334. The topological polar surface area (TPSA) is 52.6 Å². The quantitative estimate of drug-likeness (QED) is 0.903. The van der Waals surface area contributed by atoms with Crippen LogP contribution in [-0.2, 0) is 11.4 Å². The van der Waals surface area contributed by atoms with Crippen molar-refractivity contribution in [2.75, 3.05) is 16.8 Å². The van der Waals surface area contributed by atoms with Crippen LogP contribution in [0.3, 0.4) is 0 Å². The summed E-state index contributed by atoms with van der Waals surface area (Å²) in [5, 5.41) is 12.8. The lowest BCUT2D eigenvalue weighted by Gasteiger charge is -2.19. The Labute approximate surface area is 138 Å². The second-order valence-electron chi connectivity index (χ2n) is 5.40. The molecule has 3 rings (SSSR count). The molecule has 0 radical (unpaired) electrons. The zero-order valence-electron chi connectivity index (χ0n) is 12.3. The minimum absolute atomic E-state index is 0.105. The zero-order valence-corrected chi connectivity index (χ0v) is 13.1. The number of amides is 1. The predicted octanol–water partition coefficient (Wildman–Crippen LogP) is 3.19. The van der Waals surface area contributed by atoms with E-state index >= 15 is 0 Å². The third-order valence-corrected chi connectivity index (χ3v) is 4.22. The number of anilines is 2. The molecule has 2 aromatic carbocycles. The highest BCUT2D eigenvalue weighted by atomic mass is 35.5. The fourth-order valence-electron chi connectivity index (χ4n) is 2.69. The fourth-order valence-corrected chi connectivity index (χ4v) is 2.86. The average molecular weight is 335 g/mol. The lowest BCUT2D eigenvalue weighted by molar-refractivity contribution is -0.117. The van der Waals surface area contributed by atoms with Crippen molar-refractivity contribution in [2.45, 2.75) is 19.1 Å². The van der Waals surface area contributed by atoms with E-state index in [9.17, 15) is 14.3 Å². The Morgan fingerprint density at radius 1 is 1.30 bits per heavy atom. The molecule has 1 fully saturated rings. The number of nitrogens with one attached hydrogen (secondary N) is 1. The van der Waals surface area contributed by atoms with Crippen molar-refractivity contribution in [3.05, 3.63) is 58.9 Å². The van der Waals surface area contributed by atoms with Crippen LogP contribution in [0.25, 0.3) is 0 Å². The molecule has 23 heavy (non-hydrogen) atoms. The first-order valence-electron chi connectivity index (χ1n) is 7.32. The van der Waals surface area contributed by atoms with Crippen molar-refractivity contribution in [3.8, 4) is 0 Å². The fraction of sp³-hybridized carbons (Fsp3) is 0.235. The van der Waals surface area contributed by atoms with Crippen molar-refractivity contribution in [2.24, 2.45) is 0 Å². The van der Waals surface area contributed by atoms with E-state index in [0.29, 0.717) is 29.2 Å². The molecule has 0 bridgehead atoms. The van der Waals surface area contributed by atoms with Gasteiger partial charge >= 0.3 is 0 Å². The summed E-state index contributed by atoms with van der Waals surface area (Å²) < 4.78 is 13.9. The van der Waals surface area contributed by atoms with Gasteiger partial charge in [-0.1, -0.05) is 29.8 Å². The van der Waals surface area contributed by atoms with Gasteiger partial charge in [0.05, 0.1) is 23.0 Å². The summed E-state index contributed by atoms with van der Waals surface area (Å²) >= 11 is 6.13. The number of aliphatic hydroxyl groups is 1. The minimum Gasteiger partial charge on any atom is -0.392 e. The van der Waals surface area contributed by atoms with E-state index in [1.165, 1.54) is 11.0 Å². The molecule has 0 aliphatic carbocycles. The van der Waals surface area contributed by atoms with Crippen molar-refractivity contribution in [3.63, 3.8) is 0 Å². The molecule has 6 heteroatoms. The summed E-state index contributed by atoms with van der Waals surface area (Å²) in [7, 11) is 0. The van der Waals surface area contributed by atoms with Crippen LogP contribution in [-0.4, -0.2) is 23.6 Å². The maximum absolute atomic E-state index is 13.9. The maximum atomic E-state index is 13.9. The summed E-state index contributed by atoms with van der Waals surface area (Å²) in [6, 6.07) is 10.9. The number of aliphatic hydroxyl groups excluding tert-OH is 1. The molecule has 0 aromatic heterocycles. The lowest BCUT2D eigenvalue weighted by atomic mass is 10.2. The molecule has 1 atom stereocenters. The first kappa shape index (κ1) is 15.8. The van der Waals surface area contributed by atoms with Crippen molar-refractivity contribution in [1.82, 2.24) is 0 Å². The first-order valence-corrected chi connectivity index (χ1v) is 7.69. The highest BCUT2D eigenvalue weighted by Crippen LogP contribution is 2.29. The molecule has 1 unspecified atom stereocenters. The minimum atomic E-state index is -0.471. The van der Waals surface area contributed by atoms with E-state index in [-0.39, 0.29) is 18.2 Å². The molecule has 0 saturated carbocycles. The molecular formula is C17H16ClFN2O2. The second kappa shape index (κ2) is 6.56. The monoisotopic (exact) mass is 334 g/mol. The molecule has 1 amide bonds. The first-order chi connectivity index (χ1) is 11.1. The van der Waals surface area contributed by atoms with Gasteiger partial charge in [-0.05, 0) is 36.2 Å². The van der Waals surface area contributed by atoms with Gasteiger partial charge in [-0.3, -0.25) is 4.79 Å². The molecule has 1 saturated heterocycles. The molecule has 1 aliphatic heterocycles. The van der Waals surface area contributed by atoms with E-state index in [2.05, 4.69) is 5.32 Å². The van der Waals surface area contributed by atoms with Crippen molar-refractivity contribution < 1.29 is 14.3 Å². The van der Waals surface area contributed by atoms with Gasteiger partial charge in [-0.15, -0.1) is 0 Å². The summed E-state index contributed by atoms with van der Waals surface area (Å²) in [5.74, 6) is -0.609. The van der Waals surface area contributed by atoms with Gasteiger partial charge < -0.3 is 15.3 Å². The summed E-state index contributed by atoms with van der Waals surface area (Å²) in [4.78, 5) is 14.0. The standard InChI is InChI=1S/C17H16ClFN2O2/c18-12-6-5-11(10-22)9-15(12)20-14-7-8-21(17(14)23)16-4-2-1-3-13(16)19/h1-6,9,14,20,22H,7-8,10H2. The number of nitrogens with zero attached hydrogens (tertiary/aromatic N) is 1. The highest BCUT2D eigenvalue weighted by molar-refractivity contribution is 6.33. The Balaban J connectivity index is 1.79. The molecule has 0 spiro atoms. The van der Waals surface area contributed by atoms with Gasteiger partial charge in [0.2, 0.25) is 5.91 Å². The number of halogens is 2. The maximum Gasteiger partial charge on any atom is 0.249 e. The van der Waals surface area contributed by atoms with Gasteiger partial charge in [0.1, 0.15) is 11.9 Å². The Bertz CT molecular complexity index is 738. The van der Waals surface area contributed by atoms with Crippen LogP contribution in [0.15, 0.2) is 42.5 Å². The largest absolute Gasteiger partial charge is 0.392 e. The van der Waals surface area contributed by atoms with Crippen LogP contribution >= 0.6 is 11.6 Å². The SMILES string of the molecule is O=C1C(Nc2cc(CO)ccc2Cl)CCN1c1ccccc1F. The number of hydrogen-bond donors (Lipinski definition) is 2. The van der Waals surface area contributed by atoms with Crippen LogP contribution in [0.2, 0.25) is 5.02 Å². The Morgan fingerprint density at radius 2 is 2.09 bits per heavy atom. The van der Waals surface area contributed by atoms with E-state index < -0.39 is 11.9 Å². The number of carbonyl (C=O) groups excluding carboxylic acids is 1. The number of para-hydroxylation sites is 1. The molecular weight excluding hydrogens is 319 g/mol. The van der Waals surface area contributed by atoms with Crippen molar-refractivity contribution in [1.29, 1.82) is 0 Å². The molecule has 1 heterocycles. The van der Waals surface area contributed by atoms with Gasteiger partial charge in [0, 0.05) is 6.54 Å². The Morgan fingerprint density at radius 3 is 2.83 bits per heavy atom.